The van der Waals surface area contributed by atoms with E-state index in [2.05, 4.69) is 37.2 Å². The van der Waals surface area contributed by atoms with Gasteiger partial charge in [0.25, 0.3) is 0 Å². The molecule has 0 aliphatic heterocycles. The summed E-state index contributed by atoms with van der Waals surface area (Å²) in [5, 5.41) is 0. The average molecular weight is 230 g/mol. The van der Waals surface area contributed by atoms with E-state index < -0.39 is 0 Å². The summed E-state index contributed by atoms with van der Waals surface area (Å²) < 4.78 is 0. The Bertz CT molecular complexity index is 17.9. The largest absolute Gasteiger partial charge is 4.00 e. The van der Waals surface area contributed by atoms with Crippen molar-refractivity contribution in [3.63, 3.8) is 0 Å². The van der Waals surface area contributed by atoms with Crippen LogP contribution >= 0.6 is 0 Å². The molecule has 0 aliphatic rings. The summed E-state index contributed by atoms with van der Waals surface area (Å²) in [5.41, 5.74) is 0. The van der Waals surface area contributed by atoms with Gasteiger partial charge in [-0.15, -0.1) is 6.42 Å². The molecule has 0 heterocycles. The predicted octanol–water partition coefficient (Wildman–Crippen LogP) is 1.82. The van der Waals surface area contributed by atoms with Gasteiger partial charge in [-0.05, 0) is 0 Å². The Morgan fingerprint density at radius 1 is 1.00 bits per heavy atom. The second-order valence-electron chi connectivity index (χ2n) is 1.06. The number of hydrogen-bond donors (Lipinski definition) is 0. The Balaban J connectivity index is -0.0000000750. The van der Waals surface area contributed by atoms with Crippen molar-refractivity contribution < 1.29 is 21.1 Å². The smallest absolute Gasteiger partial charge is 1.00 e. The fourth-order valence-electron chi connectivity index (χ4n) is 0.177. The third kappa shape index (κ3) is 26.3. The van der Waals surface area contributed by atoms with Crippen molar-refractivity contribution >= 4 is 23.3 Å². The number of hydrogen-bond acceptors (Lipinski definition) is 2. The van der Waals surface area contributed by atoms with Crippen LogP contribution in [-0.4, -0.2) is 0 Å². The Hall–Kier alpha value is 1.39. The van der Waals surface area contributed by atoms with E-state index in [9.17, 15) is 0 Å². The fourth-order valence-corrected chi connectivity index (χ4v) is 0.177. The quantitative estimate of drug-likeness (QED) is 0.307. The molecule has 0 spiro atoms. The molecule has 48 valence electrons. The van der Waals surface area contributed by atoms with E-state index in [4.69, 9.17) is 0 Å². The molecule has 0 aromatic carbocycles. The van der Waals surface area contributed by atoms with E-state index in [1.54, 1.807) is 0 Å². The molecule has 0 amide bonds. The maximum atomic E-state index is 3.67. The van der Waals surface area contributed by atoms with E-state index in [0.29, 0.717) is 0 Å². The van der Waals surface area contributed by atoms with Gasteiger partial charge in [-0.1, -0.05) is 0 Å². The minimum absolute atomic E-state index is 0. The van der Waals surface area contributed by atoms with Gasteiger partial charge < -0.3 is 37.2 Å². The van der Waals surface area contributed by atoms with Gasteiger partial charge in [0.15, 0.2) is 0 Å². The molecule has 0 aliphatic carbocycles. The molecule has 0 saturated carbocycles. The molecule has 0 bridgehead atoms. The van der Waals surface area contributed by atoms with Crippen LogP contribution in [0.4, 0.5) is 0 Å². The summed E-state index contributed by atoms with van der Waals surface area (Å²) in [5.74, 6) is 0. The first-order valence-electron chi connectivity index (χ1n) is 2.17. The third-order valence-electron chi connectivity index (χ3n) is 0.500. The molecule has 0 nitrogen and oxygen atoms in total. The molecule has 0 saturated heterocycles. The molecule has 0 N–H and O–H groups in total. The predicted molar refractivity (Wildman–Crippen MR) is 39.3 cm³/mol. The zero-order valence-electron chi connectivity index (χ0n) is 4.76. The van der Waals surface area contributed by atoms with Crippen LogP contribution in [0.5, 0.6) is 0 Å². The van der Waals surface area contributed by atoms with Gasteiger partial charge in [-0.3, -0.25) is 0 Å². The topological polar surface area (TPSA) is 0 Å². The Kier molecular flexibility index (Phi) is 48.1. The maximum Gasteiger partial charge on any atom is 4.00 e. The van der Waals surface area contributed by atoms with Crippen LogP contribution in [0, 0.1) is 13.8 Å². The molecule has 0 radical (unpaired) electrons. The van der Waals surface area contributed by atoms with Crippen LogP contribution in [-0.2, 0) is 44.4 Å². The van der Waals surface area contributed by atoms with E-state index >= 15 is 0 Å². The van der Waals surface area contributed by atoms with E-state index in [1.165, 1.54) is 6.42 Å². The van der Waals surface area contributed by atoms with Crippen molar-refractivity contribution in [2.24, 2.45) is 0 Å². The van der Waals surface area contributed by atoms with E-state index in [1.807, 2.05) is 0 Å². The van der Waals surface area contributed by atoms with Crippen molar-refractivity contribution in [3.8, 4) is 0 Å². The van der Waals surface area contributed by atoms with Crippen molar-refractivity contribution in [1.82, 2.24) is 0 Å². The second-order valence-corrected chi connectivity index (χ2v) is 1.06. The van der Waals surface area contributed by atoms with Crippen molar-refractivity contribution in [1.29, 1.82) is 0 Å². The first-order chi connectivity index (χ1) is 3.41. The Labute approximate surface area is 77.3 Å². The van der Waals surface area contributed by atoms with Gasteiger partial charge in [-0.25, -0.2) is 0 Å². The molecular formula is C5H10MoS2. The monoisotopic (exact) mass is 232 g/mol. The van der Waals surface area contributed by atoms with Crippen LogP contribution in [0.3, 0.4) is 0 Å². The van der Waals surface area contributed by atoms with Crippen LogP contribution in [0.15, 0.2) is 0 Å². The molecular weight excluding hydrogens is 220 g/mol. The van der Waals surface area contributed by atoms with Gasteiger partial charge in [-0.2, -0.15) is 12.8 Å². The van der Waals surface area contributed by atoms with Crippen LogP contribution in [0.1, 0.15) is 19.3 Å². The minimum atomic E-state index is 0. The zero-order valence-corrected chi connectivity index (χ0v) is 8.40. The summed E-state index contributed by atoms with van der Waals surface area (Å²) in [7, 11) is 0. The number of unbranched alkanes of at least 4 members (excludes halogenated alkanes) is 2. The van der Waals surface area contributed by atoms with Crippen LogP contribution in [0.25, 0.3) is 0 Å². The molecule has 0 fully saturated rings. The minimum Gasteiger partial charge on any atom is -1.00 e. The standard InChI is InChI=1S/C5H10.Mo.S2/c1-3-5-4-2;;1-2/h1-5H2;;/q-2;+4;-2. The molecule has 0 aromatic heterocycles. The van der Waals surface area contributed by atoms with Crippen LogP contribution in [0.2, 0.25) is 0 Å². The van der Waals surface area contributed by atoms with Gasteiger partial charge >= 0.3 is 21.1 Å². The van der Waals surface area contributed by atoms with Crippen molar-refractivity contribution in [2.75, 3.05) is 0 Å². The van der Waals surface area contributed by atoms with E-state index in [0.717, 1.165) is 12.8 Å². The molecule has 8 heavy (non-hydrogen) atoms. The summed E-state index contributed by atoms with van der Waals surface area (Å²) in [6.07, 6.45) is 3.23. The average Bonchev–Trinajstić information content (AvgIpc) is 1.75. The zero-order chi connectivity index (χ0) is 6.12. The molecule has 0 aromatic rings. The first-order valence-corrected chi connectivity index (χ1v) is 3.50. The normalized spacial score (nSPS) is 6.00. The second kappa shape index (κ2) is 23.8. The third-order valence-corrected chi connectivity index (χ3v) is 0.500. The maximum absolute atomic E-state index is 3.67. The fraction of sp³-hybridized carbons (Fsp3) is 0.600. The Morgan fingerprint density at radius 2 is 1.25 bits per heavy atom. The van der Waals surface area contributed by atoms with Gasteiger partial charge in [0.2, 0.25) is 0 Å². The van der Waals surface area contributed by atoms with Gasteiger partial charge in [0.05, 0.1) is 0 Å². The molecule has 3 heteroatoms. The SMILES string of the molecule is [CH2-]CCC[CH2-].[Mo+4].[S-][S-]. The molecule has 0 atom stereocenters. The summed E-state index contributed by atoms with van der Waals surface area (Å²) in [6.45, 7) is 7.27. The van der Waals surface area contributed by atoms with Gasteiger partial charge in [0, 0.05) is 0 Å². The summed E-state index contributed by atoms with van der Waals surface area (Å²) >= 11 is 7.33. The van der Waals surface area contributed by atoms with Gasteiger partial charge in [0.1, 0.15) is 0 Å². The van der Waals surface area contributed by atoms with Crippen molar-refractivity contribution in [2.45, 2.75) is 19.3 Å². The summed E-state index contributed by atoms with van der Waals surface area (Å²) in [6, 6.07) is 0. The van der Waals surface area contributed by atoms with E-state index in [-0.39, 0.29) is 21.1 Å². The van der Waals surface area contributed by atoms with Crippen LogP contribution < -0.4 is 0 Å². The number of rotatable bonds is 2. The first kappa shape index (κ1) is 16.2. The molecule has 0 unspecified atom stereocenters. The molecule has 0 rings (SSSR count). The van der Waals surface area contributed by atoms with Crippen molar-refractivity contribution in [3.05, 3.63) is 13.8 Å². The Morgan fingerprint density at radius 3 is 1.25 bits per heavy atom. The summed E-state index contributed by atoms with van der Waals surface area (Å²) in [4.78, 5) is 0.